The highest BCUT2D eigenvalue weighted by Gasteiger charge is 2.16. The maximum absolute atomic E-state index is 12.4. The molecule has 1 rings (SSSR count). The standard InChI is InChI=1S/C17H21NO4S/c1-12(9-16(20)22-3)18-17(21)15(11-23-13(2)19)10-14-7-5-4-6-8-14/h4-8,10,12H,9,11H2,1-3H3,(H,18,21)/b15-10-. The van der Waals surface area contributed by atoms with Crippen LogP contribution in [0.4, 0.5) is 0 Å². The van der Waals surface area contributed by atoms with E-state index in [1.54, 1.807) is 13.0 Å². The van der Waals surface area contributed by atoms with Gasteiger partial charge in [0.2, 0.25) is 5.91 Å². The number of rotatable bonds is 7. The molecule has 23 heavy (non-hydrogen) atoms. The van der Waals surface area contributed by atoms with Crippen LogP contribution in [0.2, 0.25) is 0 Å². The first kappa shape index (κ1) is 19.0. The Hall–Kier alpha value is -2.08. The Morgan fingerprint density at radius 3 is 2.48 bits per heavy atom. The van der Waals surface area contributed by atoms with Crippen molar-refractivity contribution in [2.75, 3.05) is 12.9 Å². The second kappa shape index (κ2) is 9.84. The van der Waals surface area contributed by atoms with Crippen LogP contribution >= 0.6 is 11.8 Å². The minimum atomic E-state index is -0.385. The molecular weight excluding hydrogens is 314 g/mol. The van der Waals surface area contributed by atoms with E-state index in [0.29, 0.717) is 5.57 Å². The highest BCUT2D eigenvalue weighted by Crippen LogP contribution is 2.14. The average Bonchev–Trinajstić information content (AvgIpc) is 2.51. The topological polar surface area (TPSA) is 72.5 Å². The average molecular weight is 335 g/mol. The number of carbonyl (C=O) groups excluding carboxylic acids is 3. The van der Waals surface area contributed by atoms with E-state index in [4.69, 9.17) is 0 Å². The fourth-order valence-corrected chi connectivity index (χ4v) is 2.38. The zero-order valence-electron chi connectivity index (χ0n) is 13.5. The summed E-state index contributed by atoms with van der Waals surface area (Å²) < 4.78 is 4.58. The molecule has 0 aliphatic rings. The fourth-order valence-electron chi connectivity index (χ4n) is 1.80. The summed E-state index contributed by atoms with van der Waals surface area (Å²) >= 11 is 1.07. The van der Waals surface area contributed by atoms with Gasteiger partial charge in [-0.15, -0.1) is 0 Å². The van der Waals surface area contributed by atoms with Crippen LogP contribution in [0.3, 0.4) is 0 Å². The van der Waals surface area contributed by atoms with Crippen molar-refractivity contribution in [3.05, 3.63) is 41.5 Å². The molecule has 1 atom stereocenters. The lowest BCUT2D eigenvalue weighted by atomic mass is 10.1. The molecule has 0 aliphatic carbocycles. The lowest BCUT2D eigenvalue weighted by molar-refractivity contribution is -0.141. The van der Waals surface area contributed by atoms with Crippen molar-refractivity contribution >= 4 is 34.8 Å². The zero-order valence-corrected chi connectivity index (χ0v) is 14.3. The van der Waals surface area contributed by atoms with Gasteiger partial charge < -0.3 is 10.1 Å². The molecule has 1 N–H and O–H groups in total. The molecule has 0 radical (unpaired) electrons. The van der Waals surface area contributed by atoms with Crippen LogP contribution in [-0.2, 0) is 19.1 Å². The van der Waals surface area contributed by atoms with Crippen LogP contribution in [0.1, 0.15) is 25.8 Å². The summed E-state index contributed by atoms with van der Waals surface area (Å²) in [4.78, 5) is 34.8. The second-order valence-corrected chi connectivity index (χ2v) is 6.17. The number of nitrogens with one attached hydrogen (secondary N) is 1. The minimum absolute atomic E-state index is 0.0561. The summed E-state index contributed by atoms with van der Waals surface area (Å²) in [6.45, 7) is 3.19. The number of ether oxygens (including phenoxy) is 1. The molecule has 0 fully saturated rings. The lowest BCUT2D eigenvalue weighted by Crippen LogP contribution is -2.35. The molecule has 0 saturated heterocycles. The Bertz CT molecular complexity index is 584. The Morgan fingerprint density at radius 1 is 1.26 bits per heavy atom. The number of methoxy groups -OCH3 is 1. The van der Waals surface area contributed by atoms with Gasteiger partial charge in [0, 0.05) is 24.3 Å². The lowest BCUT2D eigenvalue weighted by Gasteiger charge is -2.14. The van der Waals surface area contributed by atoms with E-state index >= 15 is 0 Å². The molecule has 0 bridgehead atoms. The summed E-state index contributed by atoms with van der Waals surface area (Å²) in [6.07, 6.45) is 1.84. The monoisotopic (exact) mass is 335 g/mol. The maximum atomic E-state index is 12.4. The van der Waals surface area contributed by atoms with E-state index in [9.17, 15) is 14.4 Å². The maximum Gasteiger partial charge on any atom is 0.307 e. The van der Waals surface area contributed by atoms with Crippen molar-refractivity contribution in [2.24, 2.45) is 0 Å². The van der Waals surface area contributed by atoms with E-state index in [0.717, 1.165) is 17.3 Å². The van der Waals surface area contributed by atoms with Gasteiger partial charge in [-0.05, 0) is 18.6 Å². The minimum Gasteiger partial charge on any atom is -0.469 e. The van der Waals surface area contributed by atoms with Gasteiger partial charge in [0.25, 0.3) is 0 Å². The van der Waals surface area contributed by atoms with E-state index in [1.807, 2.05) is 30.3 Å². The van der Waals surface area contributed by atoms with E-state index in [-0.39, 0.29) is 35.2 Å². The van der Waals surface area contributed by atoms with Gasteiger partial charge in [-0.2, -0.15) is 0 Å². The van der Waals surface area contributed by atoms with Crippen LogP contribution < -0.4 is 5.32 Å². The molecule has 5 nitrogen and oxygen atoms in total. The SMILES string of the molecule is COC(=O)CC(C)NC(=O)/C(=C\c1ccccc1)CSC(C)=O. The largest absolute Gasteiger partial charge is 0.469 e. The summed E-state index contributed by atoms with van der Waals surface area (Å²) in [5.74, 6) is -0.399. The fraction of sp³-hybridized carbons (Fsp3) is 0.353. The molecule has 1 aromatic carbocycles. The Balaban J connectivity index is 2.82. The Morgan fingerprint density at radius 2 is 1.91 bits per heavy atom. The quantitative estimate of drug-likeness (QED) is 0.612. The molecule has 6 heteroatoms. The Labute approximate surface area is 140 Å². The Kier molecular flexibility index (Phi) is 8.11. The number of carbonyl (C=O) groups is 3. The molecule has 0 spiro atoms. The van der Waals surface area contributed by atoms with Gasteiger partial charge in [-0.1, -0.05) is 42.1 Å². The van der Waals surface area contributed by atoms with Crippen LogP contribution in [0, 0.1) is 0 Å². The first-order valence-electron chi connectivity index (χ1n) is 7.19. The third-order valence-corrected chi connectivity index (χ3v) is 3.80. The van der Waals surface area contributed by atoms with Crippen molar-refractivity contribution in [1.29, 1.82) is 0 Å². The third-order valence-electron chi connectivity index (χ3n) is 2.94. The zero-order chi connectivity index (χ0) is 17.2. The number of benzene rings is 1. The first-order valence-corrected chi connectivity index (χ1v) is 8.17. The number of hydrogen-bond acceptors (Lipinski definition) is 5. The molecule has 0 heterocycles. The van der Waals surface area contributed by atoms with Gasteiger partial charge in [-0.3, -0.25) is 14.4 Å². The van der Waals surface area contributed by atoms with Crippen LogP contribution in [0.15, 0.2) is 35.9 Å². The van der Waals surface area contributed by atoms with Gasteiger partial charge in [0.1, 0.15) is 0 Å². The predicted molar refractivity (Wildman–Crippen MR) is 91.8 cm³/mol. The summed E-state index contributed by atoms with van der Waals surface area (Å²) in [5.41, 5.74) is 1.36. The summed E-state index contributed by atoms with van der Waals surface area (Å²) in [6, 6.07) is 9.04. The van der Waals surface area contributed by atoms with Crippen molar-refractivity contribution < 1.29 is 19.1 Å². The number of esters is 1. The second-order valence-electron chi connectivity index (χ2n) is 5.02. The number of thioether (sulfide) groups is 1. The smallest absolute Gasteiger partial charge is 0.307 e. The third kappa shape index (κ3) is 7.65. The molecule has 1 aromatic rings. The molecule has 0 aliphatic heterocycles. The number of hydrogen-bond donors (Lipinski definition) is 1. The normalized spacial score (nSPS) is 12.4. The number of amides is 1. The molecular formula is C17H21NO4S. The molecule has 124 valence electrons. The van der Waals surface area contributed by atoms with Gasteiger partial charge in [0.15, 0.2) is 5.12 Å². The van der Waals surface area contributed by atoms with Gasteiger partial charge in [-0.25, -0.2) is 0 Å². The van der Waals surface area contributed by atoms with Crippen molar-refractivity contribution in [3.8, 4) is 0 Å². The molecule has 0 saturated carbocycles. The molecule has 1 unspecified atom stereocenters. The molecule has 0 aromatic heterocycles. The highest BCUT2D eigenvalue weighted by atomic mass is 32.2. The van der Waals surface area contributed by atoms with Crippen LogP contribution in [0.25, 0.3) is 6.08 Å². The van der Waals surface area contributed by atoms with Crippen molar-refractivity contribution in [1.82, 2.24) is 5.32 Å². The molecule has 1 amide bonds. The highest BCUT2D eigenvalue weighted by molar-refractivity contribution is 8.13. The van der Waals surface area contributed by atoms with Gasteiger partial charge in [0.05, 0.1) is 13.5 Å². The van der Waals surface area contributed by atoms with Crippen LogP contribution in [0.5, 0.6) is 0 Å². The van der Waals surface area contributed by atoms with Crippen molar-refractivity contribution in [3.63, 3.8) is 0 Å². The first-order chi connectivity index (χ1) is 10.9. The summed E-state index contributed by atoms with van der Waals surface area (Å²) in [5, 5.41) is 2.70. The summed E-state index contributed by atoms with van der Waals surface area (Å²) in [7, 11) is 1.31. The van der Waals surface area contributed by atoms with Crippen molar-refractivity contribution in [2.45, 2.75) is 26.3 Å². The van der Waals surface area contributed by atoms with E-state index < -0.39 is 0 Å². The van der Waals surface area contributed by atoms with E-state index in [1.165, 1.54) is 14.0 Å². The van der Waals surface area contributed by atoms with Crippen LogP contribution in [-0.4, -0.2) is 35.9 Å². The predicted octanol–water partition coefficient (Wildman–Crippen LogP) is 2.42. The van der Waals surface area contributed by atoms with Gasteiger partial charge >= 0.3 is 5.97 Å². The van der Waals surface area contributed by atoms with E-state index in [2.05, 4.69) is 10.1 Å².